The summed E-state index contributed by atoms with van der Waals surface area (Å²) in [5, 5.41) is 9.03. The summed E-state index contributed by atoms with van der Waals surface area (Å²) < 4.78 is 5.71. The van der Waals surface area contributed by atoms with Crippen LogP contribution in [0, 0.1) is 11.3 Å². The number of piperidine rings is 1. The van der Waals surface area contributed by atoms with Crippen molar-refractivity contribution in [3.8, 4) is 6.07 Å². The van der Waals surface area contributed by atoms with E-state index in [1.807, 2.05) is 17.0 Å². The van der Waals surface area contributed by atoms with E-state index in [1.54, 1.807) is 6.07 Å². The molecule has 0 aliphatic carbocycles. The van der Waals surface area contributed by atoms with Crippen LogP contribution < -0.4 is 4.90 Å². The summed E-state index contributed by atoms with van der Waals surface area (Å²) in [5.41, 5.74) is 1.47. The summed E-state index contributed by atoms with van der Waals surface area (Å²) in [4.78, 5) is 13.9. The Bertz CT molecular complexity index is 525. The molecule has 1 aromatic carbocycles. The van der Waals surface area contributed by atoms with Crippen LogP contribution in [-0.2, 0) is 9.53 Å². The average molecular weight is 323 g/mol. The molecule has 0 aromatic heterocycles. The molecule has 0 radical (unpaired) electrons. The number of nitriles is 1. The molecule has 1 atom stereocenters. The highest BCUT2D eigenvalue weighted by molar-refractivity contribution is 9.10. The molecule has 1 aliphatic heterocycles. The predicted octanol–water partition coefficient (Wildman–Crippen LogP) is 2.85. The van der Waals surface area contributed by atoms with Crippen LogP contribution >= 0.6 is 15.9 Å². The number of ether oxygens (including phenoxy) is 1. The summed E-state index contributed by atoms with van der Waals surface area (Å²) in [6.07, 6.45) is 2.86. The van der Waals surface area contributed by atoms with E-state index in [4.69, 9.17) is 10.00 Å². The zero-order chi connectivity index (χ0) is 13.8. The van der Waals surface area contributed by atoms with E-state index in [9.17, 15) is 4.79 Å². The van der Waals surface area contributed by atoms with E-state index in [2.05, 4.69) is 22.0 Å². The molecule has 1 unspecified atom stereocenters. The van der Waals surface area contributed by atoms with Gasteiger partial charge in [-0.3, -0.25) is 0 Å². The van der Waals surface area contributed by atoms with Crippen molar-refractivity contribution in [1.82, 2.24) is 0 Å². The van der Waals surface area contributed by atoms with Gasteiger partial charge in [-0.2, -0.15) is 5.26 Å². The third-order valence-electron chi connectivity index (χ3n) is 3.32. The Labute approximate surface area is 121 Å². The Balaban J connectivity index is 2.35. The zero-order valence-electron chi connectivity index (χ0n) is 10.7. The lowest BCUT2D eigenvalue weighted by molar-refractivity contribution is -0.142. The number of carbonyl (C=O) groups is 1. The number of methoxy groups -OCH3 is 1. The molecule has 2 rings (SSSR count). The summed E-state index contributed by atoms with van der Waals surface area (Å²) in [5.74, 6) is -0.210. The van der Waals surface area contributed by atoms with Crippen molar-refractivity contribution >= 4 is 27.6 Å². The molecule has 5 heteroatoms. The second kappa shape index (κ2) is 6.07. The summed E-state index contributed by atoms with van der Waals surface area (Å²) in [6, 6.07) is 7.39. The number of carbonyl (C=O) groups excluding carboxylic acids is 1. The number of hydrogen-bond acceptors (Lipinski definition) is 4. The maximum atomic E-state index is 11.8. The number of benzene rings is 1. The van der Waals surface area contributed by atoms with Gasteiger partial charge in [0.15, 0.2) is 0 Å². The van der Waals surface area contributed by atoms with E-state index in [-0.39, 0.29) is 12.0 Å². The standard InChI is InChI=1S/C14H15BrN2O2/c1-19-14(18)13-4-2-3-5-17(13)12-7-10(9-16)6-11(15)8-12/h6-8,13H,2-5H2,1H3. The smallest absolute Gasteiger partial charge is 0.328 e. The average Bonchev–Trinajstić information content (AvgIpc) is 2.45. The molecule has 0 amide bonds. The molecule has 0 saturated carbocycles. The van der Waals surface area contributed by atoms with E-state index in [1.165, 1.54) is 7.11 Å². The van der Waals surface area contributed by atoms with Gasteiger partial charge in [0.05, 0.1) is 18.7 Å². The van der Waals surface area contributed by atoms with Crippen molar-refractivity contribution in [3.63, 3.8) is 0 Å². The van der Waals surface area contributed by atoms with Gasteiger partial charge in [-0.25, -0.2) is 4.79 Å². The van der Waals surface area contributed by atoms with Gasteiger partial charge in [0.2, 0.25) is 0 Å². The minimum atomic E-state index is -0.250. The van der Waals surface area contributed by atoms with E-state index in [0.29, 0.717) is 5.56 Å². The minimum Gasteiger partial charge on any atom is -0.467 e. The van der Waals surface area contributed by atoms with Gasteiger partial charge in [-0.15, -0.1) is 0 Å². The molecule has 1 fully saturated rings. The van der Waals surface area contributed by atoms with Crippen molar-refractivity contribution in [2.45, 2.75) is 25.3 Å². The highest BCUT2D eigenvalue weighted by Gasteiger charge is 2.29. The molecule has 1 heterocycles. The number of hydrogen-bond donors (Lipinski definition) is 0. The molecule has 1 aliphatic rings. The second-order valence-electron chi connectivity index (χ2n) is 4.54. The quantitative estimate of drug-likeness (QED) is 0.786. The van der Waals surface area contributed by atoms with Gasteiger partial charge >= 0.3 is 5.97 Å². The van der Waals surface area contributed by atoms with Crippen LogP contribution in [0.3, 0.4) is 0 Å². The Morgan fingerprint density at radius 1 is 1.47 bits per heavy atom. The van der Waals surface area contributed by atoms with Gasteiger partial charge < -0.3 is 9.64 Å². The Morgan fingerprint density at radius 2 is 2.26 bits per heavy atom. The largest absolute Gasteiger partial charge is 0.467 e. The van der Waals surface area contributed by atoms with Crippen molar-refractivity contribution in [2.24, 2.45) is 0 Å². The summed E-state index contributed by atoms with van der Waals surface area (Å²) in [6.45, 7) is 0.807. The highest BCUT2D eigenvalue weighted by Crippen LogP contribution is 2.29. The third kappa shape index (κ3) is 3.07. The van der Waals surface area contributed by atoms with Crippen molar-refractivity contribution in [1.29, 1.82) is 5.26 Å². The summed E-state index contributed by atoms with van der Waals surface area (Å²) >= 11 is 3.40. The van der Waals surface area contributed by atoms with Gasteiger partial charge in [0.1, 0.15) is 6.04 Å². The number of halogens is 1. The van der Waals surface area contributed by atoms with Crippen LogP contribution in [0.2, 0.25) is 0 Å². The first-order valence-corrected chi connectivity index (χ1v) is 7.00. The fraction of sp³-hybridized carbons (Fsp3) is 0.429. The lowest BCUT2D eigenvalue weighted by Crippen LogP contribution is -2.45. The Kier molecular flexibility index (Phi) is 4.43. The van der Waals surface area contributed by atoms with E-state index in [0.717, 1.165) is 36.0 Å². The number of esters is 1. The number of rotatable bonds is 2. The molecule has 0 N–H and O–H groups in total. The van der Waals surface area contributed by atoms with Gasteiger partial charge in [-0.1, -0.05) is 15.9 Å². The van der Waals surface area contributed by atoms with Crippen LogP contribution in [0.1, 0.15) is 24.8 Å². The molecule has 4 nitrogen and oxygen atoms in total. The maximum Gasteiger partial charge on any atom is 0.328 e. The van der Waals surface area contributed by atoms with Gasteiger partial charge in [0.25, 0.3) is 0 Å². The molecule has 1 aromatic rings. The first-order chi connectivity index (χ1) is 9.15. The second-order valence-corrected chi connectivity index (χ2v) is 5.45. The molecular weight excluding hydrogens is 308 g/mol. The van der Waals surface area contributed by atoms with Crippen molar-refractivity contribution in [2.75, 3.05) is 18.6 Å². The van der Waals surface area contributed by atoms with Crippen molar-refractivity contribution < 1.29 is 9.53 Å². The Morgan fingerprint density at radius 3 is 2.95 bits per heavy atom. The van der Waals surface area contributed by atoms with E-state index < -0.39 is 0 Å². The molecule has 100 valence electrons. The molecule has 0 bridgehead atoms. The lowest BCUT2D eigenvalue weighted by atomic mass is 10.0. The van der Waals surface area contributed by atoms with Crippen LogP contribution in [-0.4, -0.2) is 25.7 Å². The molecule has 1 saturated heterocycles. The fourth-order valence-corrected chi connectivity index (χ4v) is 2.91. The minimum absolute atomic E-state index is 0.210. The monoisotopic (exact) mass is 322 g/mol. The van der Waals surface area contributed by atoms with Crippen LogP contribution in [0.25, 0.3) is 0 Å². The predicted molar refractivity (Wildman–Crippen MR) is 75.9 cm³/mol. The summed E-state index contributed by atoms with van der Waals surface area (Å²) in [7, 11) is 1.41. The normalized spacial score (nSPS) is 18.8. The lowest BCUT2D eigenvalue weighted by Gasteiger charge is -2.35. The first-order valence-electron chi connectivity index (χ1n) is 6.21. The SMILES string of the molecule is COC(=O)C1CCCCN1c1cc(Br)cc(C#N)c1. The molecular formula is C14H15BrN2O2. The van der Waals surface area contributed by atoms with E-state index >= 15 is 0 Å². The maximum absolute atomic E-state index is 11.8. The zero-order valence-corrected chi connectivity index (χ0v) is 12.3. The number of anilines is 1. The van der Waals surface area contributed by atoms with Crippen LogP contribution in [0.4, 0.5) is 5.69 Å². The van der Waals surface area contributed by atoms with Crippen molar-refractivity contribution in [3.05, 3.63) is 28.2 Å². The molecule has 0 spiro atoms. The number of nitrogens with zero attached hydrogens (tertiary/aromatic N) is 2. The van der Waals surface area contributed by atoms with Crippen LogP contribution in [0.5, 0.6) is 0 Å². The molecule has 19 heavy (non-hydrogen) atoms. The van der Waals surface area contributed by atoms with Gasteiger partial charge in [0, 0.05) is 16.7 Å². The third-order valence-corrected chi connectivity index (χ3v) is 3.78. The Hall–Kier alpha value is -1.54. The topological polar surface area (TPSA) is 53.3 Å². The van der Waals surface area contributed by atoms with Crippen LogP contribution in [0.15, 0.2) is 22.7 Å². The fourth-order valence-electron chi connectivity index (χ4n) is 2.43. The van der Waals surface area contributed by atoms with Gasteiger partial charge in [-0.05, 0) is 37.5 Å². The highest BCUT2D eigenvalue weighted by atomic mass is 79.9. The first kappa shape index (κ1) is 13.9.